The zero-order valence-electron chi connectivity index (χ0n) is 10.9. The van der Waals surface area contributed by atoms with Crippen molar-refractivity contribution in [3.8, 4) is 0 Å². The SMILES string of the molecule is Cc1ccc(C(=O)Nc2ccccc2C(C)O)cn1. The fourth-order valence-electron chi connectivity index (χ4n) is 1.77. The number of aromatic nitrogens is 1. The molecule has 1 unspecified atom stereocenters. The van der Waals surface area contributed by atoms with Crippen LogP contribution in [0.15, 0.2) is 42.6 Å². The van der Waals surface area contributed by atoms with Gasteiger partial charge in [0.05, 0.1) is 11.7 Å². The first-order chi connectivity index (χ1) is 9.08. The lowest BCUT2D eigenvalue weighted by atomic mass is 10.1. The predicted molar refractivity (Wildman–Crippen MR) is 74.0 cm³/mol. The van der Waals surface area contributed by atoms with E-state index in [-0.39, 0.29) is 5.91 Å². The molecule has 4 nitrogen and oxygen atoms in total. The van der Waals surface area contributed by atoms with Gasteiger partial charge in [-0.3, -0.25) is 9.78 Å². The number of benzene rings is 1. The summed E-state index contributed by atoms with van der Waals surface area (Å²) in [6, 6.07) is 10.7. The van der Waals surface area contributed by atoms with Crippen molar-refractivity contribution in [3.63, 3.8) is 0 Å². The Kier molecular flexibility index (Phi) is 3.92. The molecule has 98 valence electrons. The lowest BCUT2D eigenvalue weighted by Crippen LogP contribution is -2.14. The Balaban J connectivity index is 2.22. The van der Waals surface area contributed by atoms with Crippen LogP contribution in [0.2, 0.25) is 0 Å². The monoisotopic (exact) mass is 256 g/mol. The third kappa shape index (κ3) is 3.17. The first-order valence-corrected chi connectivity index (χ1v) is 6.09. The molecule has 0 saturated carbocycles. The van der Waals surface area contributed by atoms with Crippen LogP contribution in [-0.2, 0) is 0 Å². The Morgan fingerprint density at radius 3 is 2.63 bits per heavy atom. The molecular weight excluding hydrogens is 240 g/mol. The molecule has 0 aliphatic heterocycles. The molecule has 4 heteroatoms. The van der Waals surface area contributed by atoms with Crippen molar-refractivity contribution in [2.24, 2.45) is 0 Å². The summed E-state index contributed by atoms with van der Waals surface area (Å²) >= 11 is 0. The number of nitrogens with zero attached hydrogens (tertiary/aromatic N) is 1. The quantitative estimate of drug-likeness (QED) is 0.887. The van der Waals surface area contributed by atoms with E-state index in [9.17, 15) is 9.90 Å². The first kappa shape index (κ1) is 13.2. The van der Waals surface area contributed by atoms with Crippen molar-refractivity contribution in [2.75, 3.05) is 5.32 Å². The van der Waals surface area contributed by atoms with Crippen LogP contribution in [0, 0.1) is 6.92 Å². The molecule has 1 amide bonds. The van der Waals surface area contributed by atoms with Gasteiger partial charge in [-0.15, -0.1) is 0 Å². The maximum Gasteiger partial charge on any atom is 0.257 e. The van der Waals surface area contributed by atoms with Gasteiger partial charge in [0.25, 0.3) is 5.91 Å². The number of carbonyl (C=O) groups excluding carboxylic acids is 1. The number of amides is 1. The third-order valence-corrected chi connectivity index (χ3v) is 2.83. The van der Waals surface area contributed by atoms with Crippen LogP contribution < -0.4 is 5.32 Å². The van der Waals surface area contributed by atoms with Gasteiger partial charge in [-0.1, -0.05) is 18.2 Å². The van der Waals surface area contributed by atoms with Gasteiger partial charge >= 0.3 is 0 Å². The molecule has 1 atom stereocenters. The van der Waals surface area contributed by atoms with Crippen molar-refractivity contribution < 1.29 is 9.90 Å². The number of nitrogens with one attached hydrogen (secondary N) is 1. The smallest absolute Gasteiger partial charge is 0.257 e. The van der Waals surface area contributed by atoms with E-state index >= 15 is 0 Å². The normalized spacial score (nSPS) is 11.9. The minimum Gasteiger partial charge on any atom is -0.389 e. The molecule has 0 saturated heterocycles. The highest BCUT2D eigenvalue weighted by Crippen LogP contribution is 2.22. The Hall–Kier alpha value is -2.20. The number of aliphatic hydroxyl groups excluding tert-OH is 1. The van der Waals surface area contributed by atoms with E-state index in [4.69, 9.17) is 0 Å². The molecule has 2 N–H and O–H groups in total. The molecule has 0 fully saturated rings. The van der Waals surface area contributed by atoms with Crippen molar-refractivity contribution in [2.45, 2.75) is 20.0 Å². The van der Waals surface area contributed by atoms with Crippen molar-refractivity contribution >= 4 is 11.6 Å². The minimum atomic E-state index is -0.632. The van der Waals surface area contributed by atoms with Crippen LogP contribution in [0.1, 0.15) is 34.6 Å². The summed E-state index contributed by atoms with van der Waals surface area (Å²) in [5.41, 5.74) is 2.66. The second kappa shape index (κ2) is 5.63. The minimum absolute atomic E-state index is 0.236. The van der Waals surface area contributed by atoms with Crippen LogP contribution in [0.3, 0.4) is 0 Å². The van der Waals surface area contributed by atoms with Crippen LogP contribution in [0.25, 0.3) is 0 Å². The lowest BCUT2D eigenvalue weighted by molar-refractivity contribution is 0.102. The van der Waals surface area contributed by atoms with E-state index in [0.29, 0.717) is 16.8 Å². The Morgan fingerprint density at radius 2 is 2.00 bits per heavy atom. The number of anilines is 1. The third-order valence-electron chi connectivity index (χ3n) is 2.83. The summed E-state index contributed by atoms with van der Waals surface area (Å²) in [7, 11) is 0. The number of para-hydroxylation sites is 1. The highest BCUT2D eigenvalue weighted by molar-refractivity contribution is 6.04. The number of pyridine rings is 1. The molecular formula is C15H16N2O2. The maximum atomic E-state index is 12.1. The molecule has 19 heavy (non-hydrogen) atoms. The van der Waals surface area contributed by atoms with Crippen LogP contribution >= 0.6 is 0 Å². The van der Waals surface area contributed by atoms with Gasteiger partial charge in [0.2, 0.25) is 0 Å². The van der Waals surface area contributed by atoms with E-state index in [1.807, 2.05) is 19.1 Å². The van der Waals surface area contributed by atoms with Crippen LogP contribution in [0.4, 0.5) is 5.69 Å². The highest BCUT2D eigenvalue weighted by Gasteiger charge is 2.11. The maximum absolute atomic E-state index is 12.1. The van der Waals surface area contributed by atoms with Crippen molar-refractivity contribution in [1.82, 2.24) is 4.98 Å². The summed E-state index contributed by atoms with van der Waals surface area (Å²) in [6.07, 6.45) is 0.906. The summed E-state index contributed by atoms with van der Waals surface area (Å²) in [4.78, 5) is 16.2. The number of carbonyl (C=O) groups is 1. The number of hydrogen-bond donors (Lipinski definition) is 2. The lowest BCUT2D eigenvalue weighted by Gasteiger charge is -2.12. The van der Waals surface area contributed by atoms with Gasteiger partial charge in [-0.05, 0) is 32.0 Å². The fraction of sp³-hybridized carbons (Fsp3) is 0.200. The summed E-state index contributed by atoms with van der Waals surface area (Å²) < 4.78 is 0. The van der Waals surface area contributed by atoms with Gasteiger partial charge in [0, 0.05) is 23.1 Å². The Labute approximate surface area is 112 Å². The van der Waals surface area contributed by atoms with Gasteiger partial charge in [-0.25, -0.2) is 0 Å². The highest BCUT2D eigenvalue weighted by atomic mass is 16.3. The molecule has 0 bridgehead atoms. The molecule has 1 heterocycles. The van der Waals surface area contributed by atoms with Crippen LogP contribution in [-0.4, -0.2) is 16.0 Å². The molecule has 0 radical (unpaired) electrons. The number of hydrogen-bond acceptors (Lipinski definition) is 3. The molecule has 1 aromatic carbocycles. The molecule has 2 rings (SSSR count). The van der Waals surface area contributed by atoms with E-state index in [1.54, 1.807) is 31.2 Å². The van der Waals surface area contributed by atoms with E-state index < -0.39 is 6.10 Å². The fourth-order valence-corrected chi connectivity index (χ4v) is 1.77. The zero-order valence-corrected chi connectivity index (χ0v) is 10.9. The largest absolute Gasteiger partial charge is 0.389 e. The summed E-state index contributed by atoms with van der Waals surface area (Å²) in [6.45, 7) is 3.53. The first-order valence-electron chi connectivity index (χ1n) is 6.09. The van der Waals surface area contributed by atoms with Crippen LogP contribution in [0.5, 0.6) is 0 Å². The average molecular weight is 256 g/mol. The predicted octanol–water partition coefficient (Wildman–Crippen LogP) is 2.70. The zero-order chi connectivity index (χ0) is 13.8. The summed E-state index contributed by atoms with van der Waals surface area (Å²) in [5.74, 6) is -0.236. The Morgan fingerprint density at radius 1 is 1.26 bits per heavy atom. The number of aryl methyl sites for hydroxylation is 1. The van der Waals surface area contributed by atoms with Gasteiger partial charge in [0.15, 0.2) is 0 Å². The van der Waals surface area contributed by atoms with Gasteiger partial charge in [0.1, 0.15) is 0 Å². The van der Waals surface area contributed by atoms with Gasteiger partial charge in [-0.2, -0.15) is 0 Å². The number of rotatable bonds is 3. The second-order valence-corrected chi connectivity index (χ2v) is 4.41. The number of aliphatic hydroxyl groups is 1. The van der Waals surface area contributed by atoms with Crippen molar-refractivity contribution in [1.29, 1.82) is 0 Å². The topological polar surface area (TPSA) is 62.2 Å². The second-order valence-electron chi connectivity index (χ2n) is 4.41. The molecule has 0 spiro atoms. The molecule has 1 aromatic heterocycles. The summed E-state index contributed by atoms with van der Waals surface area (Å²) in [5, 5.41) is 12.4. The molecule has 0 aliphatic carbocycles. The standard InChI is InChI=1S/C15H16N2O2/c1-10-7-8-12(9-16-10)15(19)17-14-6-4-3-5-13(14)11(2)18/h3-9,11,18H,1-2H3,(H,17,19). The molecule has 2 aromatic rings. The van der Waals surface area contributed by atoms with E-state index in [0.717, 1.165) is 5.69 Å². The molecule has 0 aliphatic rings. The van der Waals surface area contributed by atoms with Gasteiger partial charge < -0.3 is 10.4 Å². The van der Waals surface area contributed by atoms with E-state index in [1.165, 1.54) is 6.20 Å². The van der Waals surface area contributed by atoms with E-state index in [2.05, 4.69) is 10.3 Å². The van der Waals surface area contributed by atoms with Crippen molar-refractivity contribution in [3.05, 3.63) is 59.4 Å². The Bertz CT molecular complexity index is 577. The average Bonchev–Trinajstić information content (AvgIpc) is 2.39.